The summed E-state index contributed by atoms with van der Waals surface area (Å²) < 4.78 is 10.4. The molecule has 3 N–H and O–H groups in total. The number of nitrogens with zero attached hydrogens (tertiary/aromatic N) is 2. The molecule has 0 aliphatic heterocycles. The summed E-state index contributed by atoms with van der Waals surface area (Å²) in [5, 5.41) is 18.5. The molecule has 2 amide bonds. The van der Waals surface area contributed by atoms with Crippen molar-refractivity contribution in [3.63, 3.8) is 0 Å². The van der Waals surface area contributed by atoms with E-state index in [1.807, 2.05) is 30.3 Å². The van der Waals surface area contributed by atoms with Gasteiger partial charge in [-0.25, -0.2) is 0 Å². The predicted octanol–water partition coefficient (Wildman–Crippen LogP) is 3.20. The van der Waals surface area contributed by atoms with Gasteiger partial charge in [0.05, 0.1) is 31.7 Å². The molecule has 11 nitrogen and oxygen atoms in total. The number of hydrogen-bond donors (Lipinski definition) is 3. The van der Waals surface area contributed by atoms with Crippen LogP contribution < -0.4 is 15.4 Å². The number of carboxylic acid groups (broad SMARTS) is 1. The summed E-state index contributed by atoms with van der Waals surface area (Å²) in [7, 11) is 1.48. The molecule has 0 unspecified atom stereocenters. The Morgan fingerprint density at radius 1 is 1.07 bits per heavy atom. The second-order valence-electron chi connectivity index (χ2n) is 9.73. The first kappa shape index (κ1) is 31.3. The Labute approximate surface area is 242 Å². The number of benzene rings is 2. The molecule has 0 aliphatic rings. The summed E-state index contributed by atoms with van der Waals surface area (Å²) in [5.41, 5.74) is 2.20. The number of thioether (sulfide) groups is 1. The molecule has 12 heteroatoms. The van der Waals surface area contributed by atoms with Crippen molar-refractivity contribution in [3.8, 4) is 17.1 Å². The number of methoxy groups -OCH3 is 1. The van der Waals surface area contributed by atoms with Crippen LogP contribution >= 0.6 is 11.8 Å². The number of aliphatic carboxylic acids is 1. The first-order chi connectivity index (χ1) is 19.6. The first-order valence-electron chi connectivity index (χ1n) is 13.0. The van der Waals surface area contributed by atoms with Crippen LogP contribution in [0.2, 0.25) is 0 Å². The van der Waals surface area contributed by atoms with Gasteiger partial charge in [0.2, 0.25) is 23.5 Å². The van der Waals surface area contributed by atoms with Crippen LogP contribution in [0.1, 0.15) is 37.3 Å². The molecule has 0 spiro atoms. The van der Waals surface area contributed by atoms with Crippen molar-refractivity contribution in [2.75, 3.05) is 12.9 Å². The number of hydrogen-bond acceptors (Lipinski definition) is 9. The Morgan fingerprint density at radius 2 is 1.80 bits per heavy atom. The Kier molecular flexibility index (Phi) is 11.5. The third-order valence-corrected chi connectivity index (χ3v) is 7.15. The molecular weight excluding hydrogens is 548 g/mol. The highest BCUT2D eigenvalue weighted by Gasteiger charge is 2.30. The Morgan fingerprint density at radius 3 is 2.41 bits per heavy atom. The maximum Gasteiger partial charge on any atom is 0.305 e. The van der Waals surface area contributed by atoms with E-state index in [0.29, 0.717) is 34.3 Å². The number of carbonyl (C=O) groups excluding carboxylic acids is 3. The van der Waals surface area contributed by atoms with Crippen molar-refractivity contribution in [1.29, 1.82) is 0 Å². The molecule has 0 radical (unpaired) electrons. The minimum absolute atomic E-state index is 0.0296. The highest BCUT2D eigenvalue weighted by molar-refractivity contribution is 7.99. The number of rotatable bonds is 15. The lowest BCUT2D eigenvalue weighted by molar-refractivity contribution is -0.140. The Bertz CT molecular complexity index is 1360. The van der Waals surface area contributed by atoms with Crippen molar-refractivity contribution in [2.45, 2.75) is 51.4 Å². The van der Waals surface area contributed by atoms with Gasteiger partial charge >= 0.3 is 5.97 Å². The topological polar surface area (TPSA) is 161 Å². The molecule has 0 saturated heterocycles. The fourth-order valence-electron chi connectivity index (χ4n) is 4.03. The molecule has 0 bridgehead atoms. The van der Waals surface area contributed by atoms with E-state index in [9.17, 15) is 24.3 Å². The second kappa shape index (κ2) is 15.0. The minimum Gasteiger partial charge on any atom is -0.496 e. The van der Waals surface area contributed by atoms with E-state index in [4.69, 9.17) is 9.26 Å². The van der Waals surface area contributed by atoms with Crippen LogP contribution in [0.15, 0.2) is 53.1 Å². The van der Waals surface area contributed by atoms with Crippen LogP contribution in [-0.4, -0.2) is 63.8 Å². The highest BCUT2D eigenvalue weighted by Crippen LogP contribution is 2.26. The zero-order valence-corrected chi connectivity index (χ0v) is 24.2. The normalized spacial score (nSPS) is 12.4. The number of aromatic nitrogens is 2. The minimum atomic E-state index is -1.23. The predicted molar refractivity (Wildman–Crippen MR) is 153 cm³/mol. The van der Waals surface area contributed by atoms with E-state index < -0.39 is 42.1 Å². The van der Waals surface area contributed by atoms with Crippen molar-refractivity contribution in [3.05, 3.63) is 65.5 Å². The molecule has 2 aromatic carbocycles. The number of carbonyl (C=O) groups is 4. The van der Waals surface area contributed by atoms with Gasteiger partial charge in [-0.05, 0) is 29.7 Å². The first-order valence-corrected chi connectivity index (χ1v) is 14.2. The van der Waals surface area contributed by atoms with Crippen LogP contribution in [0.25, 0.3) is 11.4 Å². The summed E-state index contributed by atoms with van der Waals surface area (Å²) >= 11 is 1.34. The van der Waals surface area contributed by atoms with Crippen molar-refractivity contribution < 1.29 is 33.5 Å². The van der Waals surface area contributed by atoms with Gasteiger partial charge in [0, 0.05) is 23.8 Å². The molecule has 3 rings (SSSR count). The zero-order chi connectivity index (χ0) is 29.9. The number of Topliss-reactive ketones (excluding diaryl/α,β-unsaturated/α-hetero) is 1. The van der Waals surface area contributed by atoms with Crippen molar-refractivity contribution >= 4 is 35.3 Å². The third kappa shape index (κ3) is 9.45. The molecular formula is C29H34N4O7S. The van der Waals surface area contributed by atoms with Crippen LogP contribution in [0.4, 0.5) is 0 Å². The summed E-state index contributed by atoms with van der Waals surface area (Å²) in [5.74, 6) is -1.24. The van der Waals surface area contributed by atoms with E-state index in [1.165, 1.54) is 18.9 Å². The summed E-state index contributed by atoms with van der Waals surface area (Å²) in [6.07, 6.45) is -0.674. The summed E-state index contributed by atoms with van der Waals surface area (Å²) in [4.78, 5) is 54.8. The van der Waals surface area contributed by atoms with Crippen molar-refractivity contribution in [1.82, 2.24) is 20.8 Å². The Hall–Kier alpha value is -4.19. The quantitative estimate of drug-likeness (QED) is 0.243. The summed E-state index contributed by atoms with van der Waals surface area (Å²) in [6, 6.07) is 12.5. The Balaban J connectivity index is 1.66. The molecule has 41 heavy (non-hydrogen) atoms. The highest BCUT2D eigenvalue weighted by atomic mass is 32.2. The molecule has 0 saturated carbocycles. The lowest BCUT2D eigenvalue weighted by Gasteiger charge is -2.25. The monoisotopic (exact) mass is 582 g/mol. The zero-order valence-electron chi connectivity index (χ0n) is 23.4. The maximum absolute atomic E-state index is 13.2. The summed E-state index contributed by atoms with van der Waals surface area (Å²) in [6.45, 7) is 5.16. The number of aryl methyl sites for hydroxylation is 1. The van der Waals surface area contributed by atoms with Gasteiger partial charge in [0.15, 0.2) is 5.78 Å². The fourth-order valence-corrected chi connectivity index (χ4v) is 4.96. The largest absolute Gasteiger partial charge is 0.496 e. The molecule has 0 aliphatic carbocycles. The van der Waals surface area contributed by atoms with Gasteiger partial charge in [-0.3, -0.25) is 19.2 Å². The number of carboxylic acids is 1. The molecule has 218 valence electrons. The van der Waals surface area contributed by atoms with Gasteiger partial charge in [0.25, 0.3) is 0 Å². The molecule has 0 fully saturated rings. The van der Waals surface area contributed by atoms with Gasteiger partial charge in [0.1, 0.15) is 11.8 Å². The molecule has 3 aromatic rings. The number of nitrogens with one attached hydrogen (secondary N) is 2. The van der Waals surface area contributed by atoms with Crippen LogP contribution in [0.3, 0.4) is 0 Å². The molecule has 1 aromatic heterocycles. The van der Waals surface area contributed by atoms with E-state index in [0.717, 1.165) is 5.56 Å². The molecule has 2 atom stereocenters. The van der Waals surface area contributed by atoms with Gasteiger partial charge in [-0.2, -0.15) is 4.98 Å². The van der Waals surface area contributed by atoms with Gasteiger partial charge in [-0.15, -0.1) is 11.8 Å². The lowest BCUT2D eigenvalue weighted by atomic mass is 10.0. The molecule has 1 heterocycles. The van der Waals surface area contributed by atoms with Gasteiger partial charge in [-0.1, -0.05) is 49.3 Å². The fraction of sp³-hybridized carbons (Fsp3) is 0.379. The number of ketones is 1. The lowest BCUT2D eigenvalue weighted by Crippen LogP contribution is -2.54. The van der Waals surface area contributed by atoms with E-state index in [1.54, 1.807) is 39.0 Å². The van der Waals surface area contributed by atoms with E-state index in [-0.39, 0.29) is 18.1 Å². The SMILES string of the molecule is COc1ccc(-c2noc(C)n2)cc1CC(=O)N[C@H](C(=O)N[C@@H](CC(=O)O)C(=O)CSCc1ccccc1)C(C)C. The van der Waals surface area contributed by atoms with Crippen LogP contribution in [-0.2, 0) is 31.4 Å². The number of ether oxygens (including phenoxy) is 1. The van der Waals surface area contributed by atoms with E-state index >= 15 is 0 Å². The second-order valence-corrected chi connectivity index (χ2v) is 10.7. The average Bonchev–Trinajstić information content (AvgIpc) is 3.37. The standard InChI is InChI=1S/C29H34N4O7S/c1-17(2)27(29(38)31-22(14-26(36)37)23(34)16-41-15-19-8-6-5-7-9-19)32-25(35)13-21-12-20(10-11-24(21)39-4)28-30-18(3)40-33-28/h5-12,17,22,27H,13-16H2,1-4H3,(H,31,38)(H,32,35)(H,36,37)/t22-,27-/m0/s1. The maximum atomic E-state index is 13.2. The van der Waals surface area contributed by atoms with Crippen LogP contribution in [0, 0.1) is 12.8 Å². The smallest absolute Gasteiger partial charge is 0.305 e. The van der Waals surface area contributed by atoms with E-state index in [2.05, 4.69) is 20.8 Å². The van der Waals surface area contributed by atoms with Gasteiger partial charge < -0.3 is 25.0 Å². The third-order valence-electron chi connectivity index (χ3n) is 6.12. The average molecular weight is 583 g/mol. The van der Waals surface area contributed by atoms with Crippen molar-refractivity contribution in [2.24, 2.45) is 5.92 Å². The number of amides is 2. The van der Waals surface area contributed by atoms with Crippen LogP contribution in [0.5, 0.6) is 5.75 Å².